The Balaban J connectivity index is 3.42. The highest BCUT2D eigenvalue weighted by atomic mass is 16.5. The second-order valence-corrected chi connectivity index (χ2v) is 7.10. The number of hydrogen-bond donors (Lipinski definition) is 0. The molecule has 0 spiro atoms. The van der Waals surface area contributed by atoms with Crippen molar-refractivity contribution in [2.45, 2.75) is 103 Å². The second-order valence-electron chi connectivity index (χ2n) is 7.10. The molecule has 0 bridgehead atoms. The van der Waals surface area contributed by atoms with Gasteiger partial charge in [-0.2, -0.15) is 0 Å². The summed E-state index contributed by atoms with van der Waals surface area (Å²) in [5.41, 5.74) is 0. The fourth-order valence-corrected chi connectivity index (χ4v) is 2.70. The number of carbonyl (C=O) groups is 2. The third-order valence-electron chi connectivity index (χ3n) is 4.41. The van der Waals surface area contributed by atoms with Gasteiger partial charge in [-0.25, -0.2) is 0 Å². The van der Waals surface area contributed by atoms with E-state index in [-0.39, 0.29) is 31.4 Å². The van der Waals surface area contributed by atoms with Gasteiger partial charge in [0.15, 0.2) is 6.61 Å². The lowest BCUT2D eigenvalue weighted by Gasteiger charge is -2.04. The van der Waals surface area contributed by atoms with Crippen LogP contribution < -0.4 is 0 Å². The van der Waals surface area contributed by atoms with E-state index in [2.05, 4.69) is 25.3 Å². The Bertz CT molecular complexity index is 459. The first-order valence-electron chi connectivity index (χ1n) is 11.1. The molecule has 0 aromatic heterocycles. The molecular weight excluding hydrogens is 352 g/mol. The second kappa shape index (κ2) is 21.5. The molecule has 0 atom stereocenters. The fraction of sp³-hybridized carbons (Fsp3) is 0.750. The minimum atomic E-state index is -0.305. The average molecular weight is 393 g/mol. The third kappa shape index (κ3) is 20.6. The van der Waals surface area contributed by atoms with Gasteiger partial charge in [0.2, 0.25) is 0 Å². The van der Waals surface area contributed by atoms with Crippen LogP contribution >= 0.6 is 0 Å². The van der Waals surface area contributed by atoms with Gasteiger partial charge < -0.3 is 9.47 Å². The molecule has 0 aromatic rings. The standard InChI is InChI=1S/C24H40O4/c1-3-5-7-9-10-11-12-13-14-15-17-22-28-24(26)20-18-19-23(25)27-21-16-8-6-4-2/h4H,2-3,5-14,16,18-22H2,1H3. The Morgan fingerprint density at radius 2 is 1.43 bits per heavy atom. The van der Waals surface area contributed by atoms with Crippen molar-refractivity contribution in [2.24, 2.45) is 0 Å². The molecule has 0 saturated carbocycles. The Kier molecular flexibility index (Phi) is 20.2. The van der Waals surface area contributed by atoms with Gasteiger partial charge in [-0.3, -0.25) is 9.59 Å². The minimum absolute atomic E-state index is 0.142. The van der Waals surface area contributed by atoms with Crippen molar-refractivity contribution in [1.82, 2.24) is 0 Å². The molecule has 0 N–H and O–H groups in total. The monoisotopic (exact) mass is 392 g/mol. The fourth-order valence-electron chi connectivity index (χ4n) is 2.70. The largest absolute Gasteiger partial charge is 0.466 e. The van der Waals surface area contributed by atoms with Gasteiger partial charge in [-0.15, -0.1) is 6.58 Å². The number of allylic oxidation sites excluding steroid dienone is 1. The molecule has 0 rings (SSSR count). The van der Waals surface area contributed by atoms with Crippen LogP contribution in [0.3, 0.4) is 0 Å². The number of ether oxygens (including phenoxy) is 2. The first-order valence-corrected chi connectivity index (χ1v) is 11.1. The molecule has 4 heteroatoms. The summed E-state index contributed by atoms with van der Waals surface area (Å²) in [5.74, 6) is 5.39. The Hall–Kier alpha value is -1.76. The van der Waals surface area contributed by atoms with Gasteiger partial charge >= 0.3 is 11.9 Å². The van der Waals surface area contributed by atoms with Crippen molar-refractivity contribution in [3.8, 4) is 11.8 Å². The molecule has 0 saturated heterocycles. The average Bonchev–Trinajstić information content (AvgIpc) is 2.68. The van der Waals surface area contributed by atoms with Gasteiger partial charge in [0, 0.05) is 19.3 Å². The highest BCUT2D eigenvalue weighted by molar-refractivity contribution is 5.72. The van der Waals surface area contributed by atoms with Crippen molar-refractivity contribution in [1.29, 1.82) is 0 Å². The lowest BCUT2D eigenvalue weighted by molar-refractivity contribution is -0.145. The molecule has 0 aliphatic carbocycles. The van der Waals surface area contributed by atoms with E-state index in [1.54, 1.807) is 0 Å². The van der Waals surface area contributed by atoms with Crippen molar-refractivity contribution in [2.75, 3.05) is 13.2 Å². The lowest BCUT2D eigenvalue weighted by atomic mass is 10.1. The molecule has 0 aliphatic heterocycles. The Morgan fingerprint density at radius 1 is 0.786 bits per heavy atom. The highest BCUT2D eigenvalue weighted by Gasteiger charge is 2.06. The molecule has 28 heavy (non-hydrogen) atoms. The quantitative estimate of drug-likeness (QED) is 0.122. The lowest BCUT2D eigenvalue weighted by Crippen LogP contribution is -2.09. The molecule has 0 fully saturated rings. The molecule has 160 valence electrons. The van der Waals surface area contributed by atoms with Crippen LogP contribution in [0, 0.1) is 11.8 Å². The zero-order valence-corrected chi connectivity index (χ0v) is 17.9. The molecule has 0 unspecified atom stereocenters. The maximum absolute atomic E-state index is 11.6. The van der Waals surface area contributed by atoms with Crippen LogP contribution in [-0.2, 0) is 19.1 Å². The van der Waals surface area contributed by atoms with E-state index < -0.39 is 0 Å². The normalized spacial score (nSPS) is 10.0. The van der Waals surface area contributed by atoms with Crippen LogP contribution in [0.25, 0.3) is 0 Å². The minimum Gasteiger partial charge on any atom is -0.466 e. The Labute approximate surface area is 172 Å². The molecule has 0 aliphatic rings. The van der Waals surface area contributed by atoms with Crippen LogP contribution in [-0.4, -0.2) is 25.2 Å². The Morgan fingerprint density at radius 3 is 2.11 bits per heavy atom. The summed E-state index contributed by atoms with van der Waals surface area (Å²) < 4.78 is 10.2. The van der Waals surface area contributed by atoms with Crippen LogP contribution in [0.2, 0.25) is 0 Å². The van der Waals surface area contributed by atoms with E-state index in [0.29, 0.717) is 13.0 Å². The van der Waals surface area contributed by atoms with E-state index in [1.165, 1.54) is 44.9 Å². The van der Waals surface area contributed by atoms with E-state index >= 15 is 0 Å². The predicted molar refractivity (Wildman–Crippen MR) is 115 cm³/mol. The number of rotatable bonds is 18. The van der Waals surface area contributed by atoms with E-state index in [9.17, 15) is 9.59 Å². The first kappa shape index (κ1) is 26.2. The maximum Gasteiger partial charge on any atom is 0.306 e. The molecule has 0 heterocycles. The van der Waals surface area contributed by atoms with Crippen LogP contribution in [0.1, 0.15) is 103 Å². The van der Waals surface area contributed by atoms with Crippen LogP contribution in [0.15, 0.2) is 12.7 Å². The predicted octanol–water partition coefficient (Wildman–Crippen LogP) is 6.13. The van der Waals surface area contributed by atoms with E-state index in [1.807, 2.05) is 6.08 Å². The zero-order valence-electron chi connectivity index (χ0n) is 17.9. The van der Waals surface area contributed by atoms with E-state index in [4.69, 9.17) is 9.47 Å². The summed E-state index contributed by atoms with van der Waals surface area (Å²) in [5, 5.41) is 0. The molecule has 0 aromatic carbocycles. The third-order valence-corrected chi connectivity index (χ3v) is 4.41. The topological polar surface area (TPSA) is 52.6 Å². The van der Waals surface area contributed by atoms with Gasteiger partial charge in [0.25, 0.3) is 0 Å². The molecular formula is C24H40O4. The molecule has 0 radical (unpaired) electrons. The van der Waals surface area contributed by atoms with Crippen LogP contribution in [0.5, 0.6) is 0 Å². The molecule has 4 nitrogen and oxygen atoms in total. The van der Waals surface area contributed by atoms with Crippen molar-refractivity contribution in [3.05, 3.63) is 12.7 Å². The number of esters is 2. The number of hydrogen-bond acceptors (Lipinski definition) is 4. The number of unbranched alkanes of at least 4 members (excludes halogenated alkanes) is 10. The maximum atomic E-state index is 11.6. The first-order chi connectivity index (χ1) is 13.7. The van der Waals surface area contributed by atoms with Crippen LogP contribution in [0.4, 0.5) is 0 Å². The summed E-state index contributed by atoms with van der Waals surface area (Å²) in [6, 6.07) is 0. The summed E-state index contributed by atoms with van der Waals surface area (Å²) in [6.45, 7) is 6.46. The van der Waals surface area contributed by atoms with Gasteiger partial charge in [0.05, 0.1) is 6.61 Å². The van der Waals surface area contributed by atoms with Crippen molar-refractivity contribution >= 4 is 11.9 Å². The van der Waals surface area contributed by atoms with Gasteiger partial charge in [-0.1, -0.05) is 69.8 Å². The van der Waals surface area contributed by atoms with Crippen molar-refractivity contribution < 1.29 is 19.1 Å². The smallest absolute Gasteiger partial charge is 0.306 e. The van der Waals surface area contributed by atoms with Gasteiger partial charge in [0.1, 0.15) is 0 Å². The summed E-state index contributed by atoms with van der Waals surface area (Å²) in [4.78, 5) is 23.1. The summed E-state index contributed by atoms with van der Waals surface area (Å²) in [6.07, 6.45) is 16.7. The van der Waals surface area contributed by atoms with E-state index in [0.717, 1.165) is 32.1 Å². The summed E-state index contributed by atoms with van der Waals surface area (Å²) >= 11 is 0. The van der Waals surface area contributed by atoms with Crippen molar-refractivity contribution in [3.63, 3.8) is 0 Å². The summed E-state index contributed by atoms with van der Waals surface area (Å²) in [7, 11) is 0. The zero-order chi connectivity index (χ0) is 20.7. The highest BCUT2D eigenvalue weighted by Crippen LogP contribution is 2.09. The van der Waals surface area contributed by atoms with Gasteiger partial charge in [-0.05, 0) is 32.1 Å². The molecule has 0 amide bonds. The number of carbonyl (C=O) groups excluding carboxylic acids is 2. The SMILES string of the molecule is C=CCCCCOC(=O)CCCC(=O)OCC#CCCCCCCCCCC.